The molecule has 2 heterocycles. The maximum Gasteiger partial charge on any atom is 0.251 e. The fraction of sp³-hybridized carbons (Fsp3) is 0.400. The van der Waals surface area contributed by atoms with Crippen molar-refractivity contribution in [3.63, 3.8) is 0 Å². The van der Waals surface area contributed by atoms with Crippen molar-refractivity contribution in [1.82, 2.24) is 20.4 Å². The van der Waals surface area contributed by atoms with Crippen LogP contribution in [0.4, 0.5) is 0 Å². The standard InChI is InChI=1S/C15H17ClN4O3/c1-20-6-7-22-12(8-20)15(21)18-13(14-17-9-23-19-14)10-2-4-11(16)5-3-10/h2-5,9,12-13H,6-8H2,1H3,(H,18,21). The van der Waals surface area contributed by atoms with E-state index >= 15 is 0 Å². The van der Waals surface area contributed by atoms with Crippen LogP contribution >= 0.6 is 11.6 Å². The number of nitrogens with zero attached hydrogens (tertiary/aromatic N) is 3. The van der Waals surface area contributed by atoms with Crippen LogP contribution in [0.25, 0.3) is 0 Å². The van der Waals surface area contributed by atoms with Gasteiger partial charge in [0, 0.05) is 18.1 Å². The molecule has 0 aliphatic carbocycles. The first-order valence-electron chi connectivity index (χ1n) is 7.26. The molecule has 7 nitrogen and oxygen atoms in total. The predicted molar refractivity (Wildman–Crippen MR) is 83.0 cm³/mol. The quantitative estimate of drug-likeness (QED) is 0.905. The van der Waals surface area contributed by atoms with Crippen LogP contribution in [0.1, 0.15) is 17.4 Å². The Morgan fingerprint density at radius 1 is 1.43 bits per heavy atom. The molecule has 0 radical (unpaired) electrons. The van der Waals surface area contributed by atoms with Crippen molar-refractivity contribution < 1.29 is 14.1 Å². The minimum absolute atomic E-state index is 0.207. The Morgan fingerprint density at radius 3 is 2.87 bits per heavy atom. The second-order valence-corrected chi connectivity index (χ2v) is 5.84. The number of rotatable bonds is 4. The average Bonchev–Trinajstić information content (AvgIpc) is 3.07. The minimum Gasteiger partial charge on any atom is -0.366 e. The molecule has 1 aromatic carbocycles. The van der Waals surface area contributed by atoms with Crippen molar-refractivity contribution in [3.8, 4) is 0 Å². The Hall–Kier alpha value is -1.96. The van der Waals surface area contributed by atoms with Crippen LogP contribution in [0.2, 0.25) is 5.02 Å². The molecule has 2 unspecified atom stereocenters. The van der Waals surface area contributed by atoms with E-state index in [4.69, 9.17) is 20.9 Å². The lowest BCUT2D eigenvalue weighted by Gasteiger charge is -2.30. The molecule has 1 saturated heterocycles. The van der Waals surface area contributed by atoms with Gasteiger partial charge in [0.15, 0.2) is 5.82 Å². The van der Waals surface area contributed by atoms with Gasteiger partial charge in [-0.2, -0.15) is 4.98 Å². The molecule has 0 saturated carbocycles. The van der Waals surface area contributed by atoms with E-state index in [1.54, 1.807) is 12.1 Å². The summed E-state index contributed by atoms with van der Waals surface area (Å²) in [5, 5.41) is 7.39. The third kappa shape index (κ3) is 3.87. The van der Waals surface area contributed by atoms with Crippen LogP contribution in [0.5, 0.6) is 0 Å². The third-order valence-electron chi connectivity index (χ3n) is 3.69. The maximum atomic E-state index is 12.5. The zero-order valence-corrected chi connectivity index (χ0v) is 13.4. The van der Waals surface area contributed by atoms with E-state index < -0.39 is 12.1 Å². The Labute approximate surface area is 138 Å². The molecule has 2 atom stereocenters. The van der Waals surface area contributed by atoms with Crippen LogP contribution in [0, 0.1) is 0 Å². The molecule has 1 amide bonds. The monoisotopic (exact) mass is 336 g/mol. The molecule has 3 rings (SSSR count). The van der Waals surface area contributed by atoms with Crippen LogP contribution in [-0.4, -0.2) is 53.8 Å². The van der Waals surface area contributed by atoms with Crippen molar-refractivity contribution in [2.45, 2.75) is 12.1 Å². The highest BCUT2D eigenvalue weighted by Gasteiger charge is 2.29. The predicted octanol–water partition coefficient (Wildman–Crippen LogP) is 1.26. The molecule has 0 spiro atoms. The summed E-state index contributed by atoms with van der Waals surface area (Å²) in [5.41, 5.74) is 0.813. The maximum absolute atomic E-state index is 12.5. The number of carbonyl (C=O) groups is 1. The topological polar surface area (TPSA) is 80.5 Å². The van der Waals surface area contributed by atoms with Crippen molar-refractivity contribution >= 4 is 17.5 Å². The fourth-order valence-electron chi connectivity index (χ4n) is 2.43. The molecule has 2 aromatic rings. The number of halogens is 1. The first-order chi connectivity index (χ1) is 11.1. The second-order valence-electron chi connectivity index (χ2n) is 5.40. The second kappa shape index (κ2) is 7.08. The summed E-state index contributed by atoms with van der Waals surface area (Å²) in [6.07, 6.45) is 0.713. The molecule has 1 aliphatic rings. The van der Waals surface area contributed by atoms with E-state index in [1.807, 2.05) is 19.2 Å². The van der Waals surface area contributed by atoms with Gasteiger partial charge in [0.05, 0.1) is 6.61 Å². The number of aromatic nitrogens is 2. The van der Waals surface area contributed by atoms with Crippen LogP contribution in [0.3, 0.4) is 0 Å². The summed E-state index contributed by atoms with van der Waals surface area (Å²) in [5.74, 6) is 0.172. The zero-order chi connectivity index (χ0) is 16.2. The first-order valence-corrected chi connectivity index (χ1v) is 7.63. The molecule has 1 aromatic heterocycles. The van der Waals surface area contributed by atoms with Gasteiger partial charge < -0.3 is 19.5 Å². The summed E-state index contributed by atoms with van der Waals surface area (Å²) in [6.45, 7) is 1.89. The van der Waals surface area contributed by atoms with Gasteiger partial charge in [-0.1, -0.05) is 28.9 Å². The Balaban J connectivity index is 1.79. The lowest BCUT2D eigenvalue weighted by Crippen LogP contribution is -2.49. The van der Waals surface area contributed by atoms with E-state index in [1.165, 1.54) is 6.39 Å². The van der Waals surface area contributed by atoms with Gasteiger partial charge in [-0.05, 0) is 24.7 Å². The molecule has 122 valence electrons. The summed E-state index contributed by atoms with van der Waals surface area (Å²) >= 11 is 5.92. The number of carbonyl (C=O) groups excluding carboxylic acids is 1. The summed E-state index contributed by atoms with van der Waals surface area (Å²) in [4.78, 5) is 18.6. The van der Waals surface area contributed by atoms with Gasteiger partial charge in [-0.3, -0.25) is 4.79 Å². The number of amides is 1. The molecule has 0 bridgehead atoms. The van der Waals surface area contributed by atoms with Crippen LogP contribution in [0.15, 0.2) is 35.2 Å². The molecular weight excluding hydrogens is 320 g/mol. The van der Waals surface area contributed by atoms with Crippen molar-refractivity contribution in [3.05, 3.63) is 47.1 Å². The lowest BCUT2D eigenvalue weighted by molar-refractivity contribution is -0.138. The summed E-state index contributed by atoms with van der Waals surface area (Å²) in [6, 6.07) is 6.62. The van der Waals surface area contributed by atoms with Gasteiger partial charge in [-0.15, -0.1) is 0 Å². The van der Waals surface area contributed by atoms with Crippen molar-refractivity contribution in [1.29, 1.82) is 0 Å². The number of morpholine rings is 1. The first kappa shape index (κ1) is 15.9. The van der Waals surface area contributed by atoms with Gasteiger partial charge in [0.25, 0.3) is 5.91 Å². The molecule has 1 fully saturated rings. The molecule has 1 N–H and O–H groups in total. The number of ether oxygens (including phenoxy) is 1. The van der Waals surface area contributed by atoms with Crippen molar-refractivity contribution in [2.24, 2.45) is 0 Å². The van der Waals surface area contributed by atoms with Crippen LogP contribution in [-0.2, 0) is 9.53 Å². The van der Waals surface area contributed by atoms with Gasteiger partial charge >= 0.3 is 0 Å². The van der Waals surface area contributed by atoms with Gasteiger partial charge in [-0.25, -0.2) is 0 Å². The van der Waals surface area contributed by atoms with Crippen LogP contribution < -0.4 is 5.32 Å². The zero-order valence-electron chi connectivity index (χ0n) is 12.6. The number of likely N-dealkylation sites (N-methyl/N-ethyl adjacent to an activating group) is 1. The van der Waals surface area contributed by atoms with E-state index in [2.05, 4.69) is 20.4 Å². The van der Waals surface area contributed by atoms with E-state index in [0.717, 1.165) is 12.1 Å². The van der Waals surface area contributed by atoms with E-state index in [0.29, 0.717) is 24.0 Å². The highest BCUT2D eigenvalue weighted by Crippen LogP contribution is 2.21. The highest BCUT2D eigenvalue weighted by molar-refractivity contribution is 6.30. The molecule has 8 heteroatoms. The Morgan fingerprint density at radius 2 is 2.22 bits per heavy atom. The number of hydrogen-bond acceptors (Lipinski definition) is 6. The Kier molecular flexibility index (Phi) is 4.90. The van der Waals surface area contributed by atoms with Crippen molar-refractivity contribution in [2.75, 3.05) is 26.7 Å². The number of nitrogens with one attached hydrogen (secondary N) is 1. The highest BCUT2D eigenvalue weighted by atomic mass is 35.5. The minimum atomic E-state index is -0.519. The average molecular weight is 337 g/mol. The lowest BCUT2D eigenvalue weighted by atomic mass is 10.1. The van der Waals surface area contributed by atoms with E-state index in [-0.39, 0.29) is 5.91 Å². The SMILES string of the molecule is CN1CCOC(C(=O)NC(c2ccc(Cl)cc2)c2ncon2)C1. The normalized spacial score (nSPS) is 20.2. The molecule has 23 heavy (non-hydrogen) atoms. The summed E-state index contributed by atoms with van der Waals surface area (Å²) in [7, 11) is 1.96. The van der Waals surface area contributed by atoms with E-state index in [9.17, 15) is 4.79 Å². The Bertz CT molecular complexity index is 647. The fourth-order valence-corrected chi connectivity index (χ4v) is 2.56. The van der Waals surface area contributed by atoms with Gasteiger partial charge in [0.1, 0.15) is 12.1 Å². The smallest absolute Gasteiger partial charge is 0.251 e. The largest absolute Gasteiger partial charge is 0.366 e. The third-order valence-corrected chi connectivity index (χ3v) is 3.94. The molecule has 1 aliphatic heterocycles. The number of benzene rings is 1. The molecular formula is C15H17ClN4O3. The summed E-state index contributed by atoms with van der Waals surface area (Å²) < 4.78 is 10.4. The number of hydrogen-bond donors (Lipinski definition) is 1. The van der Waals surface area contributed by atoms with Gasteiger partial charge in [0.2, 0.25) is 6.39 Å².